The number of benzene rings is 1. The van der Waals surface area contributed by atoms with Gasteiger partial charge in [-0.2, -0.15) is 0 Å². The number of hydrogen-bond acceptors (Lipinski definition) is 3. The number of amides is 2. The Morgan fingerprint density at radius 2 is 2.17 bits per heavy atom. The Morgan fingerprint density at radius 1 is 1.35 bits per heavy atom. The molecule has 122 valence electrons. The molecule has 1 aliphatic rings. The van der Waals surface area contributed by atoms with E-state index in [0.717, 1.165) is 48.4 Å². The Hall–Kier alpha value is -2.37. The number of aryl methyl sites for hydroxylation is 1. The van der Waals surface area contributed by atoms with Gasteiger partial charge in [0.15, 0.2) is 0 Å². The molecule has 0 radical (unpaired) electrons. The average Bonchev–Trinajstić information content (AvgIpc) is 2.82. The number of piperidine rings is 1. The fourth-order valence-corrected chi connectivity index (χ4v) is 3.09. The Morgan fingerprint density at radius 3 is 2.91 bits per heavy atom. The molecule has 0 aliphatic carbocycles. The number of imidazole rings is 1. The molecular weight excluding hydrogens is 292 g/mol. The predicted molar refractivity (Wildman–Crippen MR) is 89.2 cm³/mol. The fourth-order valence-electron chi connectivity index (χ4n) is 3.09. The highest BCUT2D eigenvalue weighted by Crippen LogP contribution is 2.20. The summed E-state index contributed by atoms with van der Waals surface area (Å²) >= 11 is 0. The quantitative estimate of drug-likeness (QED) is 0.939. The van der Waals surface area contributed by atoms with Crippen molar-refractivity contribution in [3.63, 3.8) is 0 Å². The topological polar surface area (TPSA) is 67.2 Å². The molecule has 0 unspecified atom stereocenters. The van der Waals surface area contributed by atoms with Crippen molar-refractivity contribution in [3.05, 3.63) is 24.0 Å². The smallest absolute Gasteiger partial charge is 0.222 e. The van der Waals surface area contributed by atoms with Crippen molar-refractivity contribution in [1.29, 1.82) is 0 Å². The summed E-state index contributed by atoms with van der Waals surface area (Å²) in [6, 6.07) is 5.72. The first-order valence-corrected chi connectivity index (χ1v) is 8.05. The number of aromatic nitrogens is 2. The summed E-state index contributed by atoms with van der Waals surface area (Å²) in [5, 5.41) is 2.77. The molecule has 0 spiro atoms. The Labute approximate surface area is 135 Å². The molecule has 0 saturated carbocycles. The fraction of sp³-hybridized carbons (Fsp3) is 0.471. The molecule has 6 nitrogen and oxygen atoms in total. The second-order valence-electron chi connectivity index (χ2n) is 6.06. The molecule has 1 N–H and O–H groups in total. The first-order valence-electron chi connectivity index (χ1n) is 8.05. The second kappa shape index (κ2) is 6.40. The molecule has 1 saturated heterocycles. The molecule has 0 atom stereocenters. The monoisotopic (exact) mass is 314 g/mol. The highest BCUT2D eigenvalue weighted by molar-refractivity contribution is 5.91. The lowest BCUT2D eigenvalue weighted by Gasteiger charge is -2.26. The summed E-state index contributed by atoms with van der Waals surface area (Å²) in [4.78, 5) is 29.6. The molecule has 3 rings (SSSR count). The largest absolute Gasteiger partial charge is 0.342 e. The van der Waals surface area contributed by atoms with Gasteiger partial charge in [0.2, 0.25) is 11.8 Å². The van der Waals surface area contributed by atoms with Crippen LogP contribution in [-0.4, -0.2) is 39.4 Å². The summed E-state index contributed by atoms with van der Waals surface area (Å²) in [5.41, 5.74) is 2.64. The number of nitrogens with zero attached hydrogens (tertiary/aromatic N) is 3. The van der Waals surface area contributed by atoms with Crippen LogP contribution < -0.4 is 5.32 Å². The maximum atomic E-state index is 11.9. The normalized spacial score (nSPS) is 15.2. The maximum absolute atomic E-state index is 11.9. The minimum atomic E-state index is -0.0934. The number of rotatable bonds is 4. The van der Waals surface area contributed by atoms with Gasteiger partial charge in [0.1, 0.15) is 5.82 Å². The number of carbonyl (C=O) groups is 2. The van der Waals surface area contributed by atoms with E-state index in [0.29, 0.717) is 13.0 Å². The van der Waals surface area contributed by atoms with Crippen LogP contribution in [0.1, 0.15) is 32.0 Å². The molecule has 6 heteroatoms. The van der Waals surface area contributed by atoms with Crippen LogP contribution in [0.4, 0.5) is 5.69 Å². The van der Waals surface area contributed by atoms with E-state index in [-0.39, 0.29) is 11.8 Å². The van der Waals surface area contributed by atoms with E-state index in [1.807, 2.05) is 30.1 Å². The molecule has 1 aromatic carbocycles. The first kappa shape index (κ1) is 15.5. The van der Waals surface area contributed by atoms with Crippen LogP contribution in [0.3, 0.4) is 0 Å². The van der Waals surface area contributed by atoms with Crippen LogP contribution >= 0.6 is 0 Å². The van der Waals surface area contributed by atoms with Crippen LogP contribution in [0.2, 0.25) is 0 Å². The van der Waals surface area contributed by atoms with E-state index >= 15 is 0 Å². The van der Waals surface area contributed by atoms with Crippen LogP contribution in [0.25, 0.3) is 11.0 Å². The molecule has 2 aromatic rings. The first-order chi connectivity index (χ1) is 11.0. The summed E-state index contributed by atoms with van der Waals surface area (Å²) in [7, 11) is 1.99. The van der Waals surface area contributed by atoms with E-state index in [4.69, 9.17) is 0 Å². The minimum absolute atomic E-state index is 0.0934. The van der Waals surface area contributed by atoms with Gasteiger partial charge in [0.05, 0.1) is 11.0 Å². The maximum Gasteiger partial charge on any atom is 0.222 e. The predicted octanol–water partition coefficient (Wildman–Crippen LogP) is 2.09. The SMILES string of the molecule is CC(=O)Nc1ccc2c(c1)nc(CCN1CCCCC1=O)n2C. The highest BCUT2D eigenvalue weighted by atomic mass is 16.2. The molecule has 1 aliphatic heterocycles. The third-order valence-corrected chi connectivity index (χ3v) is 4.32. The van der Waals surface area contributed by atoms with Crippen molar-refractivity contribution >= 4 is 28.5 Å². The van der Waals surface area contributed by atoms with Crippen LogP contribution in [0.15, 0.2) is 18.2 Å². The van der Waals surface area contributed by atoms with Crippen molar-refractivity contribution < 1.29 is 9.59 Å². The van der Waals surface area contributed by atoms with Gasteiger partial charge >= 0.3 is 0 Å². The van der Waals surface area contributed by atoms with Gasteiger partial charge in [-0.1, -0.05) is 0 Å². The van der Waals surface area contributed by atoms with Crippen LogP contribution in [-0.2, 0) is 23.1 Å². The Kier molecular flexibility index (Phi) is 4.32. The van der Waals surface area contributed by atoms with Gasteiger partial charge in [-0.3, -0.25) is 9.59 Å². The molecule has 1 fully saturated rings. The molecule has 2 amide bonds. The number of nitrogens with one attached hydrogen (secondary N) is 1. The minimum Gasteiger partial charge on any atom is -0.342 e. The average molecular weight is 314 g/mol. The van der Waals surface area contributed by atoms with Gasteiger partial charge in [0, 0.05) is 45.6 Å². The van der Waals surface area contributed by atoms with Crippen LogP contribution in [0, 0.1) is 0 Å². The van der Waals surface area contributed by atoms with E-state index in [9.17, 15) is 9.59 Å². The third-order valence-electron chi connectivity index (χ3n) is 4.32. The summed E-state index contributed by atoms with van der Waals surface area (Å²) < 4.78 is 2.06. The van der Waals surface area contributed by atoms with Crippen molar-refractivity contribution in [2.45, 2.75) is 32.6 Å². The number of anilines is 1. The van der Waals surface area contributed by atoms with Gasteiger partial charge in [-0.25, -0.2) is 4.98 Å². The number of hydrogen-bond donors (Lipinski definition) is 1. The lowest BCUT2D eigenvalue weighted by molar-refractivity contribution is -0.133. The highest BCUT2D eigenvalue weighted by Gasteiger charge is 2.18. The molecular formula is C17H22N4O2. The molecule has 2 heterocycles. The Bertz CT molecular complexity index is 750. The lowest BCUT2D eigenvalue weighted by atomic mass is 10.1. The van der Waals surface area contributed by atoms with E-state index in [1.165, 1.54) is 6.92 Å². The standard InChI is InChI=1S/C17H22N4O2/c1-12(22)18-13-6-7-15-14(11-13)19-16(20(15)2)8-10-21-9-4-3-5-17(21)23/h6-7,11H,3-5,8-10H2,1-2H3,(H,18,22). The Balaban J connectivity index is 1.76. The zero-order valence-electron chi connectivity index (χ0n) is 13.6. The molecule has 1 aromatic heterocycles. The number of likely N-dealkylation sites (tertiary alicyclic amines) is 1. The van der Waals surface area contributed by atoms with E-state index in [1.54, 1.807) is 0 Å². The molecule has 0 bridgehead atoms. The van der Waals surface area contributed by atoms with Crippen molar-refractivity contribution in [3.8, 4) is 0 Å². The zero-order chi connectivity index (χ0) is 16.4. The zero-order valence-corrected chi connectivity index (χ0v) is 13.6. The van der Waals surface area contributed by atoms with Gasteiger partial charge in [-0.15, -0.1) is 0 Å². The van der Waals surface area contributed by atoms with Gasteiger partial charge in [0.25, 0.3) is 0 Å². The van der Waals surface area contributed by atoms with Gasteiger partial charge < -0.3 is 14.8 Å². The number of fused-ring (bicyclic) bond motifs is 1. The molecule has 23 heavy (non-hydrogen) atoms. The van der Waals surface area contributed by atoms with E-state index < -0.39 is 0 Å². The summed E-state index contributed by atoms with van der Waals surface area (Å²) in [6.45, 7) is 3.06. The third kappa shape index (κ3) is 3.36. The van der Waals surface area contributed by atoms with E-state index in [2.05, 4.69) is 14.9 Å². The summed E-state index contributed by atoms with van der Waals surface area (Å²) in [5.74, 6) is 1.12. The van der Waals surface area contributed by atoms with Crippen molar-refractivity contribution in [2.24, 2.45) is 7.05 Å². The summed E-state index contributed by atoms with van der Waals surface area (Å²) in [6.07, 6.45) is 3.51. The van der Waals surface area contributed by atoms with Crippen molar-refractivity contribution in [1.82, 2.24) is 14.5 Å². The van der Waals surface area contributed by atoms with Crippen molar-refractivity contribution in [2.75, 3.05) is 18.4 Å². The number of carbonyl (C=O) groups excluding carboxylic acids is 2. The second-order valence-corrected chi connectivity index (χ2v) is 6.06. The lowest BCUT2D eigenvalue weighted by Crippen LogP contribution is -2.36. The van der Waals surface area contributed by atoms with Crippen LogP contribution in [0.5, 0.6) is 0 Å². The van der Waals surface area contributed by atoms with Gasteiger partial charge in [-0.05, 0) is 31.0 Å².